The summed E-state index contributed by atoms with van der Waals surface area (Å²) in [6.07, 6.45) is 1.55. The van der Waals surface area contributed by atoms with Gasteiger partial charge in [-0.1, -0.05) is 0 Å². The van der Waals surface area contributed by atoms with E-state index in [0.29, 0.717) is 37.8 Å². The molecule has 0 unspecified atom stereocenters. The van der Waals surface area contributed by atoms with E-state index in [1.807, 2.05) is 0 Å². The third-order valence-corrected chi connectivity index (χ3v) is 5.13. The fraction of sp³-hybridized carbons (Fsp3) is 0.667. The Hall–Kier alpha value is -0.510. The van der Waals surface area contributed by atoms with E-state index < -0.39 is 10.0 Å². The summed E-state index contributed by atoms with van der Waals surface area (Å²) in [5.41, 5.74) is 5.47. The first kappa shape index (κ1) is 17.5. The van der Waals surface area contributed by atoms with E-state index >= 15 is 0 Å². The first-order chi connectivity index (χ1) is 9.60. The zero-order chi connectivity index (χ0) is 14.8. The summed E-state index contributed by atoms with van der Waals surface area (Å²) in [7, 11) is -1.78. The Bertz CT molecular complexity index is 474. The maximum absolute atomic E-state index is 11.9. The van der Waals surface area contributed by atoms with Gasteiger partial charge in [0.25, 0.3) is 0 Å². The minimum atomic E-state index is -3.41. The molecule has 0 saturated carbocycles. The zero-order valence-corrected chi connectivity index (χ0v) is 13.3. The SMILES string of the molecule is COCCOCCCCNS(=O)(=O)c1csc(CN)c1. The fourth-order valence-electron chi connectivity index (χ4n) is 1.47. The van der Waals surface area contributed by atoms with Crippen LogP contribution in [0.5, 0.6) is 0 Å². The third kappa shape index (κ3) is 6.29. The lowest BCUT2D eigenvalue weighted by molar-refractivity contribution is 0.0689. The summed E-state index contributed by atoms with van der Waals surface area (Å²) in [4.78, 5) is 1.15. The molecule has 0 aromatic carbocycles. The highest BCUT2D eigenvalue weighted by Crippen LogP contribution is 2.18. The maximum Gasteiger partial charge on any atom is 0.241 e. The number of thiophene rings is 1. The highest BCUT2D eigenvalue weighted by atomic mass is 32.2. The number of sulfonamides is 1. The molecule has 20 heavy (non-hydrogen) atoms. The fourth-order valence-corrected chi connectivity index (χ4v) is 3.70. The maximum atomic E-state index is 11.9. The van der Waals surface area contributed by atoms with Gasteiger partial charge in [-0.05, 0) is 18.9 Å². The van der Waals surface area contributed by atoms with Crippen LogP contribution in [0.3, 0.4) is 0 Å². The van der Waals surface area contributed by atoms with Crippen LogP contribution in [-0.2, 0) is 26.0 Å². The average Bonchev–Trinajstić information content (AvgIpc) is 2.91. The molecule has 0 saturated heterocycles. The minimum absolute atomic E-state index is 0.291. The van der Waals surface area contributed by atoms with Crippen molar-refractivity contribution in [1.29, 1.82) is 0 Å². The Labute approximate surface area is 124 Å². The van der Waals surface area contributed by atoms with E-state index in [0.717, 1.165) is 17.7 Å². The van der Waals surface area contributed by atoms with Crippen molar-refractivity contribution in [2.24, 2.45) is 5.73 Å². The van der Waals surface area contributed by atoms with Gasteiger partial charge in [-0.3, -0.25) is 0 Å². The lowest BCUT2D eigenvalue weighted by Crippen LogP contribution is -2.24. The van der Waals surface area contributed by atoms with Gasteiger partial charge in [-0.15, -0.1) is 11.3 Å². The number of rotatable bonds is 11. The molecule has 0 aliphatic rings. The Morgan fingerprint density at radius 2 is 2.10 bits per heavy atom. The van der Waals surface area contributed by atoms with Crippen LogP contribution >= 0.6 is 11.3 Å². The van der Waals surface area contributed by atoms with Crippen molar-refractivity contribution >= 4 is 21.4 Å². The van der Waals surface area contributed by atoms with Gasteiger partial charge in [0.15, 0.2) is 0 Å². The molecule has 1 aromatic heterocycles. The molecule has 1 heterocycles. The van der Waals surface area contributed by atoms with Gasteiger partial charge in [0, 0.05) is 37.1 Å². The molecule has 0 aliphatic carbocycles. The van der Waals surface area contributed by atoms with Crippen molar-refractivity contribution in [3.05, 3.63) is 16.3 Å². The molecule has 0 atom stereocenters. The van der Waals surface area contributed by atoms with Crippen LogP contribution in [0.25, 0.3) is 0 Å². The summed E-state index contributed by atoms with van der Waals surface area (Å²) in [5.74, 6) is 0. The molecule has 1 aromatic rings. The van der Waals surface area contributed by atoms with Crippen LogP contribution in [0.1, 0.15) is 17.7 Å². The number of nitrogens with two attached hydrogens (primary N) is 1. The van der Waals surface area contributed by atoms with Crippen molar-refractivity contribution in [1.82, 2.24) is 4.72 Å². The molecule has 116 valence electrons. The molecular formula is C12H22N2O4S2. The quantitative estimate of drug-likeness (QED) is 0.591. The van der Waals surface area contributed by atoms with Crippen LogP contribution in [0.15, 0.2) is 16.3 Å². The van der Waals surface area contributed by atoms with Gasteiger partial charge in [0.05, 0.1) is 18.1 Å². The smallest absolute Gasteiger partial charge is 0.241 e. The Morgan fingerprint density at radius 1 is 1.30 bits per heavy atom. The lowest BCUT2D eigenvalue weighted by atomic mass is 10.3. The lowest BCUT2D eigenvalue weighted by Gasteiger charge is -2.05. The predicted molar refractivity (Wildman–Crippen MR) is 79.3 cm³/mol. The van der Waals surface area contributed by atoms with Gasteiger partial charge >= 0.3 is 0 Å². The van der Waals surface area contributed by atoms with Crippen LogP contribution in [-0.4, -0.2) is 41.9 Å². The molecule has 0 spiro atoms. The highest BCUT2D eigenvalue weighted by Gasteiger charge is 2.14. The predicted octanol–water partition coefficient (Wildman–Crippen LogP) is 0.928. The second-order valence-corrected chi connectivity index (χ2v) is 6.93. The molecule has 0 bridgehead atoms. The second kappa shape index (κ2) is 9.43. The molecule has 0 amide bonds. The molecule has 0 fully saturated rings. The monoisotopic (exact) mass is 322 g/mol. The molecule has 0 radical (unpaired) electrons. The second-order valence-electron chi connectivity index (χ2n) is 4.16. The van der Waals surface area contributed by atoms with Gasteiger partial charge < -0.3 is 15.2 Å². The molecule has 0 aliphatic heterocycles. The average molecular weight is 322 g/mol. The number of unbranched alkanes of at least 4 members (excludes halogenated alkanes) is 1. The molecule has 3 N–H and O–H groups in total. The highest BCUT2D eigenvalue weighted by molar-refractivity contribution is 7.89. The van der Waals surface area contributed by atoms with Crippen molar-refractivity contribution in [2.75, 3.05) is 33.5 Å². The van der Waals surface area contributed by atoms with Crippen LogP contribution < -0.4 is 10.5 Å². The summed E-state index contributed by atoms with van der Waals surface area (Å²) in [6, 6.07) is 1.61. The summed E-state index contributed by atoms with van der Waals surface area (Å²) < 4.78 is 36.6. The van der Waals surface area contributed by atoms with Crippen molar-refractivity contribution in [3.63, 3.8) is 0 Å². The number of hydrogen-bond acceptors (Lipinski definition) is 6. The third-order valence-electron chi connectivity index (χ3n) is 2.58. The van der Waals surface area contributed by atoms with E-state index in [4.69, 9.17) is 15.2 Å². The van der Waals surface area contributed by atoms with Crippen molar-refractivity contribution < 1.29 is 17.9 Å². The minimum Gasteiger partial charge on any atom is -0.382 e. The van der Waals surface area contributed by atoms with E-state index in [-0.39, 0.29) is 0 Å². The first-order valence-corrected chi connectivity index (χ1v) is 8.80. The van der Waals surface area contributed by atoms with Gasteiger partial charge in [-0.2, -0.15) is 0 Å². The molecule has 6 nitrogen and oxygen atoms in total. The Morgan fingerprint density at radius 3 is 2.75 bits per heavy atom. The van der Waals surface area contributed by atoms with Gasteiger partial charge in [0.2, 0.25) is 10.0 Å². The van der Waals surface area contributed by atoms with Gasteiger partial charge in [-0.25, -0.2) is 13.1 Å². The van der Waals surface area contributed by atoms with Crippen LogP contribution in [0.2, 0.25) is 0 Å². The Kier molecular flexibility index (Phi) is 8.27. The molecule has 1 rings (SSSR count). The van der Waals surface area contributed by atoms with Crippen LogP contribution in [0.4, 0.5) is 0 Å². The van der Waals surface area contributed by atoms with Crippen LogP contribution in [0, 0.1) is 0 Å². The number of nitrogens with one attached hydrogen (secondary N) is 1. The van der Waals surface area contributed by atoms with E-state index in [9.17, 15) is 8.42 Å². The molecule has 8 heteroatoms. The standard InChI is InChI=1S/C12H22N2O4S2/c1-17-6-7-18-5-3-2-4-14-20(15,16)12-8-11(9-13)19-10-12/h8,10,14H,2-7,9,13H2,1H3. The topological polar surface area (TPSA) is 90.6 Å². The largest absolute Gasteiger partial charge is 0.382 e. The van der Waals surface area contributed by atoms with E-state index in [1.54, 1.807) is 18.6 Å². The number of hydrogen-bond donors (Lipinski definition) is 2. The number of ether oxygens (including phenoxy) is 2. The summed E-state index contributed by atoms with van der Waals surface area (Å²) in [6.45, 7) is 2.52. The van der Waals surface area contributed by atoms with E-state index in [2.05, 4.69) is 4.72 Å². The first-order valence-electron chi connectivity index (χ1n) is 6.44. The van der Waals surface area contributed by atoms with Gasteiger partial charge in [0.1, 0.15) is 0 Å². The van der Waals surface area contributed by atoms with Crippen molar-refractivity contribution in [3.8, 4) is 0 Å². The summed E-state index contributed by atoms with van der Waals surface area (Å²) in [5, 5.41) is 1.61. The van der Waals surface area contributed by atoms with E-state index in [1.165, 1.54) is 11.3 Å². The summed E-state index contributed by atoms with van der Waals surface area (Å²) >= 11 is 1.36. The normalized spacial score (nSPS) is 11.9. The molecular weight excluding hydrogens is 300 g/mol. The zero-order valence-electron chi connectivity index (χ0n) is 11.6. The Balaban J connectivity index is 2.20. The van der Waals surface area contributed by atoms with Crippen molar-refractivity contribution in [2.45, 2.75) is 24.3 Å². The number of methoxy groups -OCH3 is 1.